The standard InChI is InChI=1S/C20H12F6O/c1-11-2-9-16(19(24)18(11)23)20(25,26)27-14-7-8-15(17(22)10-14)12-3-5-13(21)6-4-12/h2-10H,1H3. The van der Waals surface area contributed by atoms with Crippen LogP contribution in [0.1, 0.15) is 11.1 Å². The first-order valence-corrected chi connectivity index (χ1v) is 7.76. The second kappa shape index (κ2) is 6.98. The molecule has 140 valence electrons. The van der Waals surface area contributed by atoms with Gasteiger partial charge in [0, 0.05) is 11.6 Å². The summed E-state index contributed by atoms with van der Waals surface area (Å²) in [7, 11) is 0. The first-order valence-electron chi connectivity index (χ1n) is 7.76. The van der Waals surface area contributed by atoms with Gasteiger partial charge < -0.3 is 4.74 Å². The zero-order chi connectivity index (χ0) is 19.8. The van der Waals surface area contributed by atoms with Crippen molar-refractivity contribution >= 4 is 0 Å². The molecule has 0 saturated heterocycles. The van der Waals surface area contributed by atoms with E-state index in [4.69, 9.17) is 0 Å². The molecule has 0 fully saturated rings. The summed E-state index contributed by atoms with van der Waals surface area (Å²) < 4.78 is 87.4. The van der Waals surface area contributed by atoms with Crippen molar-refractivity contribution in [2.24, 2.45) is 0 Å². The molecule has 0 unspecified atom stereocenters. The summed E-state index contributed by atoms with van der Waals surface area (Å²) in [5.74, 6) is -5.13. The zero-order valence-electron chi connectivity index (χ0n) is 13.9. The van der Waals surface area contributed by atoms with Crippen LogP contribution in [0.2, 0.25) is 0 Å². The molecule has 3 rings (SSSR count). The molecule has 0 saturated carbocycles. The van der Waals surface area contributed by atoms with Gasteiger partial charge in [-0.1, -0.05) is 18.2 Å². The monoisotopic (exact) mass is 382 g/mol. The normalized spacial score (nSPS) is 11.5. The Kier molecular flexibility index (Phi) is 4.87. The summed E-state index contributed by atoms with van der Waals surface area (Å²) in [5.41, 5.74) is -1.06. The molecule has 0 aliphatic carbocycles. The van der Waals surface area contributed by atoms with Crippen LogP contribution < -0.4 is 4.74 Å². The average Bonchev–Trinajstić information content (AvgIpc) is 2.60. The van der Waals surface area contributed by atoms with Gasteiger partial charge in [0.25, 0.3) is 0 Å². The van der Waals surface area contributed by atoms with Crippen LogP contribution in [-0.2, 0) is 6.11 Å². The van der Waals surface area contributed by atoms with Crippen molar-refractivity contribution in [1.82, 2.24) is 0 Å². The predicted octanol–water partition coefficient (Wildman–Crippen LogP) is 6.35. The number of hydrogen-bond acceptors (Lipinski definition) is 1. The fraction of sp³-hybridized carbons (Fsp3) is 0.100. The van der Waals surface area contributed by atoms with Crippen LogP contribution in [0, 0.1) is 30.2 Å². The van der Waals surface area contributed by atoms with Crippen molar-refractivity contribution in [3.05, 3.63) is 89.0 Å². The largest absolute Gasteiger partial charge is 0.429 e. The van der Waals surface area contributed by atoms with Crippen LogP contribution in [0.3, 0.4) is 0 Å². The van der Waals surface area contributed by atoms with Crippen molar-refractivity contribution in [2.45, 2.75) is 13.0 Å². The number of rotatable bonds is 4. The van der Waals surface area contributed by atoms with Gasteiger partial charge in [0.05, 0.1) is 0 Å². The minimum Gasteiger partial charge on any atom is -0.429 e. The van der Waals surface area contributed by atoms with E-state index in [-0.39, 0.29) is 11.1 Å². The smallest absolute Gasteiger partial charge is 0.429 e. The summed E-state index contributed by atoms with van der Waals surface area (Å²) in [4.78, 5) is 0. The average molecular weight is 382 g/mol. The Labute approximate surface area is 150 Å². The Morgan fingerprint density at radius 1 is 0.778 bits per heavy atom. The fourth-order valence-electron chi connectivity index (χ4n) is 2.50. The maximum atomic E-state index is 14.3. The highest BCUT2D eigenvalue weighted by Crippen LogP contribution is 2.36. The molecule has 0 bridgehead atoms. The quantitative estimate of drug-likeness (QED) is 0.478. The van der Waals surface area contributed by atoms with Crippen LogP contribution >= 0.6 is 0 Å². The third kappa shape index (κ3) is 3.77. The molecule has 0 amide bonds. The van der Waals surface area contributed by atoms with Crippen molar-refractivity contribution in [3.63, 3.8) is 0 Å². The van der Waals surface area contributed by atoms with Gasteiger partial charge in [-0.25, -0.2) is 17.6 Å². The van der Waals surface area contributed by atoms with Crippen LogP contribution in [0.5, 0.6) is 5.75 Å². The molecule has 7 heteroatoms. The lowest BCUT2D eigenvalue weighted by molar-refractivity contribution is -0.187. The van der Waals surface area contributed by atoms with E-state index >= 15 is 0 Å². The Hall–Kier alpha value is -2.96. The van der Waals surface area contributed by atoms with Crippen LogP contribution in [0.25, 0.3) is 11.1 Å². The first-order chi connectivity index (χ1) is 12.7. The number of alkyl halides is 2. The Bertz CT molecular complexity index is 983. The lowest BCUT2D eigenvalue weighted by Gasteiger charge is -2.19. The van der Waals surface area contributed by atoms with E-state index in [0.717, 1.165) is 24.3 Å². The molecular formula is C20H12F6O. The molecule has 0 aliphatic heterocycles. The molecule has 0 heterocycles. The maximum absolute atomic E-state index is 14.3. The van der Waals surface area contributed by atoms with Gasteiger partial charge in [0.2, 0.25) is 0 Å². The first kappa shape index (κ1) is 18.8. The molecular weight excluding hydrogens is 370 g/mol. The van der Waals surface area contributed by atoms with E-state index < -0.39 is 40.7 Å². The number of benzene rings is 3. The SMILES string of the molecule is Cc1ccc(C(F)(F)Oc2ccc(-c3ccc(F)cc3)c(F)c2)c(F)c1F. The molecule has 0 spiro atoms. The van der Waals surface area contributed by atoms with E-state index in [1.807, 2.05) is 0 Å². The molecule has 0 aliphatic rings. The van der Waals surface area contributed by atoms with Crippen LogP contribution in [-0.4, -0.2) is 0 Å². The van der Waals surface area contributed by atoms with E-state index in [1.54, 1.807) is 0 Å². The number of hydrogen-bond donors (Lipinski definition) is 0. The molecule has 0 atom stereocenters. The predicted molar refractivity (Wildman–Crippen MR) is 87.4 cm³/mol. The number of aryl methyl sites for hydroxylation is 1. The van der Waals surface area contributed by atoms with Crippen molar-refractivity contribution in [3.8, 4) is 16.9 Å². The van der Waals surface area contributed by atoms with Crippen molar-refractivity contribution in [1.29, 1.82) is 0 Å². The zero-order valence-corrected chi connectivity index (χ0v) is 13.9. The Morgan fingerprint density at radius 2 is 1.44 bits per heavy atom. The van der Waals surface area contributed by atoms with E-state index in [9.17, 15) is 26.3 Å². The van der Waals surface area contributed by atoms with E-state index in [0.29, 0.717) is 17.7 Å². The van der Waals surface area contributed by atoms with Gasteiger partial charge in [0.1, 0.15) is 22.9 Å². The summed E-state index contributed by atoms with van der Waals surface area (Å²) in [5, 5.41) is 0. The summed E-state index contributed by atoms with van der Waals surface area (Å²) in [6.45, 7) is 1.23. The van der Waals surface area contributed by atoms with Crippen molar-refractivity contribution in [2.75, 3.05) is 0 Å². The Balaban J connectivity index is 1.90. The van der Waals surface area contributed by atoms with Gasteiger partial charge in [-0.3, -0.25) is 0 Å². The molecule has 0 radical (unpaired) electrons. The molecule has 3 aromatic rings. The minimum absolute atomic E-state index is 0.0400. The molecule has 0 aromatic heterocycles. The molecule has 0 N–H and O–H groups in total. The Morgan fingerprint density at radius 3 is 2.07 bits per heavy atom. The maximum Gasteiger partial charge on any atom is 0.429 e. The van der Waals surface area contributed by atoms with E-state index in [1.165, 1.54) is 25.1 Å². The van der Waals surface area contributed by atoms with Crippen LogP contribution in [0.4, 0.5) is 26.3 Å². The highest BCUT2D eigenvalue weighted by atomic mass is 19.3. The summed E-state index contributed by atoms with van der Waals surface area (Å²) in [6.07, 6.45) is -4.22. The number of ether oxygens (including phenoxy) is 1. The van der Waals surface area contributed by atoms with Gasteiger partial charge in [-0.05, 0) is 48.4 Å². The highest BCUT2D eigenvalue weighted by molar-refractivity contribution is 5.64. The lowest BCUT2D eigenvalue weighted by atomic mass is 10.0. The highest BCUT2D eigenvalue weighted by Gasteiger charge is 2.39. The molecule has 3 aromatic carbocycles. The summed E-state index contributed by atoms with van der Waals surface area (Å²) >= 11 is 0. The minimum atomic E-state index is -4.22. The topological polar surface area (TPSA) is 9.23 Å². The fourth-order valence-corrected chi connectivity index (χ4v) is 2.50. The molecule has 27 heavy (non-hydrogen) atoms. The third-order valence-electron chi connectivity index (χ3n) is 3.93. The number of halogens is 6. The second-order valence-corrected chi connectivity index (χ2v) is 5.83. The molecule has 1 nitrogen and oxygen atoms in total. The van der Waals surface area contributed by atoms with Gasteiger partial charge in [-0.15, -0.1) is 0 Å². The lowest BCUT2D eigenvalue weighted by Crippen LogP contribution is -2.24. The van der Waals surface area contributed by atoms with Crippen LogP contribution in [0.15, 0.2) is 54.6 Å². The second-order valence-electron chi connectivity index (χ2n) is 5.83. The van der Waals surface area contributed by atoms with Gasteiger partial charge >= 0.3 is 6.11 Å². The van der Waals surface area contributed by atoms with Gasteiger partial charge in [-0.2, -0.15) is 8.78 Å². The van der Waals surface area contributed by atoms with E-state index in [2.05, 4.69) is 4.74 Å². The summed E-state index contributed by atoms with van der Waals surface area (Å²) in [6, 6.07) is 9.51. The van der Waals surface area contributed by atoms with Crippen molar-refractivity contribution < 1.29 is 31.1 Å². The third-order valence-corrected chi connectivity index (χ3v) is 3.93. The van der Waals surface area contributed by atoms with Gasteiger partial charge in [0.15, 0.2) is 11.6 Å².